The van der Waals surface area contributed by atoms with Crippen molar-refractivity contribution in [2.75, 3.05) is 0 Å². The van der Waals surface area contributed by atoms with E-state index in [9.17, 15) is 8.78 Å². The zero-order chi connectivity index (χ0) is 15.0. The molecule has 0 radical (unpaired) electrons. The highest BCUT2D eigenvalue weighted by molar-refractivity contribution is 5.85. The number of H-pyrrole nitrogens is 1. The maximum absolute atomic E-state index is 14.1. The lowest BCUT2D eigenvalue weighted by molar-refractivity contribution is 0.439. The van der Waals surface area contributed by atoms with Gasteiger partial charge in [-0.15, -0.1) is 0 Å². The number of hydrogen-bond donors (Lipinski definition) is 1. The lowest BCUT2D eigenvalue weighted by Crippen LogP contribution is -1.93. The molecule has 104 valence electrons. The van der Waals surface area contributed by atoms with Crippen LogP contribution in [0.1, 0.15) is 5.56 Å². The van der Waals surface area contributed by atoms with Gasteiger partial charge in [0, 0.05) is 28.7 Å². The van der Waals surface area contributed by atoms with E-state index >= 15 is 0 Å². The van der Waals surface area contributed by atoms with Crippen LogP contribution in [0.5, 0.6) is 11.5 Å². The molecule has 1 aromatic heterocycles. The van der Waals surface area contributed by atoms with E-state index in [1.54, 1.807) is 13.1 Å². The molecule has 0 saturated heterocycles. The Hall–Kier alpha value is -2.87. The Morgan fingerprint density at radius 3 is 2.71 bits per heavy atom. The molecule has 0 saturated carbocycles. The van der Waals surface area contributed by atoms with E-state index in [1.807, 2.05) is 6.07 Å². The number of aromatic amines is 1. The van der Waals surface area contributed by atoms with E-state index in [2.05, 4.69) is 9.83 Å². The fourth-order valence-corrected chi connectivity index (χ4v) is 2.21. The zero-order valence-corrected chi connectivity index (χ0v) is 11.1. The summed E-state index contributed by atoms with van der Waals surface area (Å²) >= 11 is 0. The molecule has 5 heteroatoms. The number of nitrogens with one attached hydrogen (secondary N) is 1. The molecule has 0 unspecified atom stereocenters. The third kappa shape index (κ3) is 2.21. The van der Waals surface area contributed by atoms with Crippen LogP contribution in [0, 0.1) is 25.1 Å². The normalized spacial score (nSPS) is 10.6. The fraction of sp³-hybridized carbons (Fsp3) is 0.0625. The van der Waals surface area contributed by atoms with Gasteiger partial charge in [-0.3, -0.25) is 0 Å². The minimum atomic E-state index is -0.629. The lowest BCUT2D eigenvalue weighted by atomic mass is 10.1. The number of nitrogens with zero attached hydrogens (tertiary/aromatic N) is 1. The van der Waals surface area contributed by atoms with E-state index in [1.165, 1.54) is 18.2 Å². The Bertz CT molecular complexity index is 878. The average Bonchev–Trinajstić information content (AvgIpc) is 2.93. The maximum atomic E-state index is 14.1. The van der Waals surface area contributed by atoms with Crippen molar-refractivity contribution in [1.82, 2.24) is 4.98 Å². The highest BCUT2D eigenvalue weighted by atomic mass is 19.1. The maximum Gasteiger partial charge on any atom is 0.225 e. The number of hydrogen-bond acceptors (Lipinski definition) is 1. The summed E-state index contributed by atoms with van der Waals surface area (Å²) in [6, 6.07) is 6.92. The molecule has 1 heterocycles. The van der Waals surface area contributed by atoms with Crippen molar-refractivity contribution < 1.29 is 13.5 Å². The first-order valence-electron chi connectivity index (χ1n) is 6.21. The number of rotatable bonds is 2. The average molecular weight is 284 g/mol. The number of benzene rings is 2. The lowest BCUT2D eigenvalue weighted by Gasteiger charge is -2.11. The van der Waals surface area contributed by atoms with Crippen molar-refractivity contribution in [2.24, 2.45) is 0 Å². The van der Waals surface area contributed by atoms with Crippen molar-refractivity contribution in [3.63, 3.8) is 0 Å². The number of ether oxygens (including phenoxy) is 1. The van der Waals surface area contributed by atoms with Crippen molar-refractivity contribution in [3.05, 3.63) is 65.1 Å². The van der Waals surface area contributed by atoms with Gasteiger partial charge in [0.25, 0.3) is 0 Å². The Labute approximate surface area is 119 Å². The van der Waals surface area contributed by atoms with Gasteiger partial charge in [-0.05, 0) is 31.2 Å². The smallest absolute Gasteiger partial charge is 0.225 e. The molecule has 0 spiro atoms. The Morgan fingerprint density at radius 1 is 1.14 bits per heavy atom. The summed E-state index contributed by atoms with van der Waals surface area (Å²) < 4.78 is 32.9. The molecular weight excluding hydrogens is 274 g/mol. The van der Waals surface area contributed by atoms with Crippen LogP contribution in [0.3, 0.4) is 0 Å². The van der Waals surface area contributed by atoms with E-state index in [0.717, 1.165) is 11.5 Å². The highest BCUT2D eigenvalue weighted by Gasteiger charge is 2.14. The largest absolute Gasteiger partial charge is 0.455 e. The van der Waals surface area contributed by atoms with E-state index in [-0.39, 0.29) is 17.2 Å². The van der Waals surface area contributed by atoms with Crippen LogP contribution in [-0.4, -0.2) is 4.98 Å². The summed E-state index contributed by atoms with van der Waals surface area (Å²) in [5.74, 6) is -0.851. The van der Waals surface area contributed by atoms with Crippen molar-refractivity contribution >= 4 is 16.6 Å². The number of aromatic nitrogens is 1. The number of fused-ring (bicyclic) bond motifs is 1. The molecule has 0 aliphatic heterocycles. The molecule has 2 aromatic carbocycles. The van der Waals surface area contributed by atoms with Gasteiger partial charge in [-0.25, -0.2) is 13.6 Å². The summed E-state index contributed by atoms with van der Waals surface area (Å²) in [6.45, 7) is 8.63. The quantitative estimate of drug-likeness (QED) is 0.652. The summed E-state index contributed by atoms with van der Waals surface area (Å²) in [6.07, 6.45) is 1.72. The van der Waals surface area contributed by atoms with Crippen LogP contribution >= 0.6 is 0 Å². The van der Waals surface area contributed by atoms with Gasteiger partial charge in [0.15, 0.2) is 11.6 Å². The molecule has 3 rings (SSSR count). The Morgan fingerprint density at radius 2 is 1.95 bits per heavy atom. The fourth-order valence-electron chi connectivity index (χ4n) is 2.21. The molecule has 3 aromatic rings. The molecule has 0 amide bonds. The van der Waals surface area contributed by atoms with Gasteiger partial charge in [-0.1, -0.05) is 0 Å². The first kappa shape index (κ1) is 13.1. The minimum absolute atomic E-state index is 0.0737. The second-order valence-electron chi connectivity index (χ2n) is 4.58. The third-order valence-corrected chi connectivity index (χ3v) is 3.27. The van der Waals surface area contributed by atoms with Crippen LogP contribution in [0.2, 0.25) is 0 Å². The molecule has 1 N–H and O–H groups in total. The van der Waals surface area contributed by atoms with Crippen LogP contribution in [-0.2, 0) is 0 Å². The SMILES string of the molecule is [C-]#[N+]c1cc(Oc2c(F)cc3[nH]ccc3c2C)ccc1F. The summed E-state index contributed by atoms with van der Waals surface area (Å²) in [4.78, 5) is 5.99. The van der Waals surface area contributed by atoms with Crippen molar-refractivity contribution in [1.29, 1.82) is 0 Å². The predicted octanol–water partition coefficient (Wildman–Crippen LogP) is 5.10. The molecule has 0 aliphatic carbocycles. The Balaban J connectivity index is 2.08. The molecular formula is C16H10F2N2O. The van der Waals surface area contributed by atoms with E-state index in [4.69, 9.17) is 11.3 Å². The first-order chi connectivity index (χ1) is 10.1. The summed E-state index contributed by atoms with van der Waals surface area (Å²) in [5, 5.41) is 0.846. The molecule has 0 fully saturated rings. The van der Waals surface area contributed by atoms with Gasteiger partial charge < -0.3 is 9.72 Å². The van der Waals surface area contributed by atoms with Gasteiger partial charge in [0.2, 0.25) is 5.69 Å². The van der Waals surface area contributed by atoms with Gasteiger partial charge in [0.05, 0.1) is 6.57 Å². The van der Waals surface area contributed by atoms with Gasteiger partial charge in [-0.2, -0.15) is 0 Å². The number of aryl methyl sites for hydroxylation is 1. The monoisotopic (exact) mass is 284 g/mol. The highest BCUT2D eigenvalue weighted by Crippen LogP contribution is 2.35. The summed E-state index contributed by atoms with van der Waals surface area (Å²) in [7, 11) is 0. The van der Waals surface area contributed by atoms with E-state index in [0.29, 0.717) is 11.1 Å². The molecule has 3 nitrogen and oxygen atoms in total. The van der Waals surface area contributed by atoms with Gasteiger partial charge >= 0.3 is 0 Å². The molecule has 0 bridgehead atoms. The van der Waals surface area contributed by atoms with Gasteiger partial charge in [0.1, 0.15) is 11.6 Å². The zero-order valence-electron chi connectivity index (χ0n) is 11.1. The first-order valence-corrected chi connectivity index (χ1v) is 6.21. The van der Waals surface area contributed by atoms with Crippen molar-refractivity contribution in [3.8, 4) is 11.5 Å². The van der Waals surface area contributed by atoms with Crippen LogP contribution < -0.4 is 4.74 Å². The molecule has 21 heavy (non-hydrogen) atoms. The second kappa shape index (κ2) is 4.91. The van der Waals surface area contributed by atoms with Crippen molar-refractivity contribution in [2.45, 2.75) is 6.92 Å². The van der Waals surface area contributed by atoms with Crippen LogP contribution in [0.15, 0.2) is 36.5 Å². The molecule has 0 atom stereocenters. The number of halogens is 2. The Kier molecular flexibility index (Phi) is 3.07. The standard InChI is InChI=1S/C16H10F2N2O/c1-9-11-5-6-20-14(11)8-13(18)16(9)21-10-3-4-12(17)15(7-10)19-2/h3-8,20H,1H3. The predicted molar refractivity (Wildman–Crippen MR) is 75.7 cm³/mol. The minimum Gasteiger partial charge on any atom is -0.455 e. The van der Waals surface area contributed by atoms with Crippen LogP contribution in [0.25, 0.3) is 15.7 Å². The summed E-state index contributed by atoms with van der Waals surface area (Å²) in [5.41, 5.74) is 1.16. The van der Waals surface area contributed by atoms with E-state index < -0.39 is 11.6 Å². The molecule has 0 aliphatic rings. The van der Waals surface area contributed by atoms with Crippen LogP contribution in [0.4, 0.5) is 14.5 Å². The third-order valence-electron chi connectivity index (χ3n) is 3.27. The topological polar surface area (TPSA) is 29.4 Å². The second-order valence-corrected chi connectivity index (χ2v) is 4.58.